The fourth-order valence-electron chi connectivity index (χ4n) is 0.494. The Hall–Kier alpha value is 0.258. The molecule has 1 aliphatic rings. The van der Waals surface area contributed by atoms with Crippen LogP contribution in [0.5, 0.6) is 0 Å². The summed E-state index contributed by atoms with van der Waals surface area (Å²) >= 11 is 1.71. The summed E-state index contributed by atoms with van der Waals surface area (Å²) in [5, 5.41) is 0. The zero-order valence-electron chi connectivity index (χ0n) is 3.59. The fourth-order valence-corrected chi connectivity index (χ4v) is 1.01. The van der Waals surface area contributed by atoms with E-state index >= 15 is 0 Å². The van der Waals surface area contributed by atoms with Gasteiger partial charge >= 0.3 is 46.1 Å². The summed E-state index contributed by atoms with van der Waals surface area (Å²) in [6.07, 6.45) is 4.39. The van der Waals surface area contributed by atoms with Crippen molar-refractivity contribution in [3.63, 3.8) is 0 Å². The van der Waals surface area contributed by atoms with Crippen LogP contribution in [-0.2, 0) is 0 Å². The van der Waals surface area contributed by atoms with Gasteiger partial charge in [0.2, 0.25) is 0 Å². The Labute approximate surface area is 46.7 Å². The predicted molar refractivity (Wildman–Crippen MR) is 29.3 cm³/mol. The van der Waals surface area contributed by atoms with Crippen LogP contribution in [-0.4, -0.2) is 34.0 Å². The molecule has 0 radical (unpaired) electrons. The molecule has 1 unspecified atom stereocenters. The van der Waals surface area contributed by atoms with Gasteiger partial charge in [-0.25, -0.2) is 0 Å². The second-order valence-corrected chi connectivity index (χ2v) is 2.96. The minimum atomic E-state index is 1.17. The molecular formula is C4H8AsN. The summed E-state index contributed by atoms with van der Waals surface area (Å²) in [6, 6.07) is 0. The van der Waals surface area contributed by atoms with Crippen LogP contribution in [0.15, 0.2) is 12.2 Å². The van der Waals surface area contributed by atoms with Crippen LogP contribution in [0.2, 0.25) is 0 Å². The molecule has 1 aliphatic heterocycles. The van der Waals surface area contributed by atoms with E-state index in [9.17, 15) is 0 Å². The molecule has 0 aliphatic carbocycles. The van der Waals surface area contributed by atoms with Crippen molar-refractivity contribution in [1.29, 1.82) is 0 Å². The zero-order valence-corrected chi connectivity index (χ0v) is 6.02. The standard InChI is InChI=1S/C4H8AsN/c5-6-3-1-2-4-6/h1-2H,3-5H2. The van der Waals surface area contributed by atoms with E-state index in [0.717, 1.165) is 0 Å². The zero-order chi connectivity index (χ0) is 4.41. The van der Waals surface area contributed by atoms with Crippen LogP contribution < -0.4 is 0 Å². The van der Waals surface area contributed by atoms with Gasteiger partial charge in [-0.05, 0) is 0 Å². The number of nitrogens with zero attached hydrogens (tertiary/aromatic N) is 1. The molecule has 0 aromatic carbocycles. The van der Waals surface area contributed by atoms with E-state index in [1.54, 1.807) is 17.1 Å². The average molecular weight is 145 g/mol. The number of hydrogen-bond acceptors (Lipinski definition) is 1. The van der Waals surface area contributed by atoms with Gasteiger partial charge in [-0.15, -0.1) is 0 Å². The molecule has 1 atom stereocenters. The van der Waals surface area contributed by atoms with E-state index in [4.69, 9.17) is 0 Å². The monoisotopic (exact) mass is 145 g/mol. The first-order valence-corrected chi connectivity index (χ1v) is 3.12. The number of rotatable bonds is 0. The van der Waals surface area contributed by atoms with Gasteiger partial charge in [-0.3, -0.25) is 0 Å². The van der Waals surface area contributed by atoms with E-state index in [2.05, 4.69) is 16.0 Å². The molecule has 1 nitrogen and oxygen atoms in total. The first-order valence-electron chi connectivity index (χ1n) is 2.04. The summed E-state index contributed by atoms with van der Waals surface area (Å²) in [4.78, 5) is 0. The third-order valence-corrected chi connectivity index (χ3v) is 1.73. The van der Waals surface area contributed by atoms with Gasteiger partial charge in [0.05, 0.1) is 0 Å². The van der Waals surface area contributed by atoms with E-state index in [0.29, 0.717) is 0 Å². The average Bonchev–Trinajstić information content (AvgIpc) is 1.86. The molecule has 34 valence electrons. The fraction of sp³-hybridized carbons (Fsp3) is 0.500. The van der Waals surface area contributed by atoms with E-state index in [-0.39, 0.29) is 0 Å². The van der Waals surface area contributed by atoms with Crippen molar-refractivity contribution in [3.8, 4) is 0 Å². The van der Waals surface area contributed by atoms with Gasteiger partial charge in [0.1, 0.15) is 0 Å². The summed E-state index contributed by atoms with van der Waals surface area (Å²) < 4.78 is 2.31. The first kappa shape index (κ1) is 4.42. The summed E-state index contributed by atoms with van der Waals surface area (Å²) in [7, 11) is 0. The minimum absolute atomic E-state index is 1.17. The van der Waals surface area contributed by atoms with Gasteiger partial charge in [0.25, 0.3) is 0 Å². The molecule has 0 N–H and O–H groups in total. The van der Waals surface area contributed by atoms with Crippen LogP contribution in [0.3, 0.4) is 0 Å². The third kappa shape index (κ3) is 0.858. The normalized spacial score (nSPS) is 22.8. The molecule has 0 fully saturated rings. The van der Waals surface area contributed by atoms with Crippen LogP contribution in [0.4, 0.5) is 0 Å². The van der Waals surface area contributed by atoms with Crippen molar-refractivity contribution in [3.05, 3.63) is 12.2 Å². The van der Waals surface area contributed by atoms with Gasteiger partial charge in [-0.1, -0.05) is 0 Å². The Kier molecular flexibility index (Phi) is 1.33. The van der Waals surface area contributed by atoms with E-state index in [1.165, 1.54) is 13.1 Å². The molecule has 0 amide bonds. The SMILES string of the molecule is [AsH2]N1CC=CC1. The van der Waals surface area contributed by atoms with Crippen molar-refractivity contribution in [2.75, 3.05) is 13.1 Å². The summed E-state index contributed by atoms with van der Waals surface area (Å²) in [5.74, 6) is 0. The molecule has 0 aromatic heterocycles. The van der Waals surface area contributed by atoms with E-state index < -0.39 is 0 Å². The topological polar surface area (TPSA) is 3.24 Å². The first-order chi connectivity index (χ1) is 2.89. The van der Waals surface area contributed by atoms with Gasteiger partial charge < -0.3 is 0 Å². The molecule has 6 heavy (non-hydrogen) atoms. The van der Waals surface area contributed by atoms with E-state index in [1.807, 2.05) is 0 Å². The Morgan fingerprint density at radius 1 is 1.33 bits per heavy atom. The Morgan fingerprint density at radius 2 is 1.83 bits per heavy atom. The Balaban J connectivity index is 2.32. The molecule has 0 saturated heterocycles. The van der Waals surface area contributed by atoms with Gasteiger partial charge in [0, 0.05) is 0 Å². The van der Waals surface area contributed by atoms with Crippen LogP contribution in [0.25, 0.3) is 0 Å². The third-order valence-electron chi connectivity index (χ3n) is 0.847. The summed E-state index contributed by atoms with van der Waals surface area (Å²) in [6.45, 7) is 2.33. The van der Waals surface area contributed by atoms with Crippen molar-refractivity contribution < 1.29 is 0 Å². The van der Waals surface area contributed by atoms with Crippen molar-refractivity contribution in [1.82, 2.24) is 3.82 Å². The van der Waals surface area contributed by atoms with Crippen molar-refractivity contribution in [2.45, 2.75) is 0 Å². The molecule has 0 spiro atoms. The van der Waals surface area contributed by atoms with Crippen LogP contribution in [0, 0.1) is 0 Å². The predicted octanol–water partition coefficient (Wildman–Crippen LogP) is -0.594. The second-order valence-electron chi connectivity index (χ2n) is 1.43. The van der Waals surface area contributed by atoms with Gasteiger partial charge in [0.15, 0.2) is 0 Å². The molecule has 0 aromatic rings. The van der Waals surface area contributed by atoms with Crippen molar-refractivity contribution in [2.24, 2.45) is 0 Å². The molecular weight excluding hydrogens is 137 g/mol. The maximum atomic E-state index is 2.31. The Bertz CT molecular complexity index is 61.9. The number of hydrogen-bond donors (Lipinski definition) is 0. The van der Waals surface area contributed by atoms with Crippen LogP contribution >= 0.6 is 0 Å². The molecule has 1 rings (SSSR count). The quantitative estimate of drug-likeness (QED) is 0.325. The molecule has 0 bridgehead atoms. The van der Waals surface area contributed by atoms with Crippen molar-refractivity contribution >= 4 is 17.1 Å². The molecule has 1 heterocycles. The maximum absolute atomic E-state index is 2.31. The second kappa shape index (κ2) is 1.81. The molecule has 2 heteroatoms. The van der Waals surface area contributed by atoms with Gasteiger partial charge in [-0.2, -0.15) is 0 Å². The molecule has 0 saturated carbocycles. The van der Waals surface area contributed by atoms with Crippen LogP contribution in [0.1, 0.15) is 0 Å². The summed E-state index contributed by atoms with van der Waals surface area (Å²) in [5.41, 5.74) is 0. The Morgan fingerprint density at radius 3 is 2.00 bits per heavy atom.